The van der Waals surface area contributed by atoms with E-state index in [0.717, 1.165) is 53.7 Å². The molecule has 1 fully saturated rings. The summed E-state index contributed by atoms with van der Waals surface area (Å²) in [4.78, 5) is 18.2. The average molecular weight is 520 g/mol. The second-order valence-electron chi connectivity index (χ2n) is 8.81. The van der Waals surface area contributed by atoms with Crippen LogP contribution in [-0.2, 0) is 11.2 Å². The van der Waals surface area contributed by atoms with Crippen molar-refractivity contribution in [3.05, 3.63) is 70.9 Å². The van der Waals surface area contributed by atoms with Gasteiger partial charge < -0.3 is 10.6 Å². The number of piperidine rings is 1. The SMILES string of the molecule is Cl.Cl.O=C(NCC1CCNCC1CCCCc1ccccc1)C1=Cc2cnc3cccc(n23)S1. The van der Waals surface area contributed by atoms with E-state index >= 15 is 0 Å². The van der Waals surface area contributed by atoms with Crippen molar-refractivity contribution >= 4 is 54.2 Å². The number of halogens is 2. The molecule has 2 atom stereocenters. The van der Waals surface area contributed by atoms with E-state index in [1.165, 1.54) is 36.6 Å². The Balaban J connectivity index is 0.00000162. The highest BCUT2D eigenvalue weighted by Gasteiger charge is 2.26. The zero-order valence-electron chi connectivity index (χ0n) is 19.1. The Morgan fingerprint density at radius 1 is 1.09 bits per heavy atom. The molecule has 5 rings (SSSR count). The molecule has 1 amide bonds. The van der Waals surface area contributed by atoms with Gasteiger partial charge in [-0.05, 0) is 74.4 Å². The lowest BCUT2D eigenvalue weighted by Crippen LogP contribution is -2.42. The Morgan fingerprint density at radius 2 is 1.94 bits per heavy atom. The number of pyridine rings is 1. The van der Waals surface area contributed by atoms with E-state index in [2.05, 4.69) is 50.4 Å². The standard InChI is InChI=1S/C26H30N4OS.2ClH/c31-26(23-15-22-18-28-24-11-6-12-25(32-23)30(22)24)29-17-21-13-14-27-16-20(21)10-5-4-9-19-7-2-1-3-8-19;;/h1-3,6-8,11-12,15,18,20-21,27H,4-5,9-10,13-14,16-17H2,(H,29,31);2*1H. The fraction of sp³-hybridized carbons (Fsp3) is 0.385. The maximum absolute atomic E-state index is 13.0. The van der Waals surface area contributed by atoms with Gasteiger partial charge in [0.1, 0.15) is 5.65 Å². The van der Waals surface area contributed by atoms with E-state index in [-0.39, 0.29) is 30.7 Å². The van der Waals surface area contributed by atoms with Crippen molar-refractivity contribution in [2.45, 2.75) is 37.1 Å². The lowest BCUT2D eigenvalue weighted by Gasteiger charge is -2.32. The number of unbranched alkanes of at least 4 members (excludes halogenated alkanes) is 1. The summed E-state index contributed by atoms with van der Waals surface area (Å²) in [6, 6.07) is 16.8. The van der Waals surface area contributed by atoms with E-state index < -0.39 is 0 Å². The molecule has 4 heterocycles. The molecular weight excluding hydrogens is 487 g/mol. The summed E-state index contributed by atoms with van der Waals surface area (Å²) in [6.45, 7) is 2.86. The third kappa shape index (κ3) is 6.16. The molecule has 0 aliphatic carbocycles. The van der Waals surface area contributed by atoms with Gasteiger partial charge in [-0.15, -0.1) is 24.8 Å². The lowest BCUT2D eigenvalue weighted by atomic mass is 9.82. The molecule has 2 aliphatic heterocycles. The summed E-state index contributed by atoms with van der Waals surface area (Å²) < 4.78 is 2.10. The fourth-order valence-corrected chi connectivity index (χ4v) is 5.88. The van der Waals surface area contributed by atoms with Crippen LogP contribution in [0.1, 0.15) is 36.9 Å². The molecule has 1 aromatic carbocycles. The number of thioether (sulfide) groups is 1. The van der Waals surface area contributed by atoms with Crippen molar-refractivity contribution in [3.8, 4) is 0 Å². The molecule has 2 N–H and O–H groups in total. The molecule has 1 saturated heterocycles. The Hall–Kier alpha value is -1.99. The van der Waals surface area contributed by atoms with Crippen LogP contribution in [0.4, 0.5) is 0 Å². The first kappa shape index (κ1) is 26.6. The van der Waals surface area contributed by atoms with Crippen LogP contribution in [0.5, 0.6) is 0 Å². The number of aryl methyl sites for hydroxylation is 1. The van der Waals surface area contributed by atoms with Crippen molar-refractivity contribution in [2.75, 3.05) is 19.6 Å². The van der Waals surface area contributed by atoms with Gasteiger partial charge in [-0.25, -0.2) is 4.98 Å². The summed E-state index contributed by atoms with van der Waals surface area (Å²) in [7, 11) is 0. The van der Waals surface area contributed by atoms with Crippen molar-refractivity contribution in [2.24, 2.45) is 11.8 Å². The quantitative estimate of drug-likeness (QED) is 0.393. The topological polar surface area (TPSA) is 58.4 Å². The number of carbonyl (C=O) groups excluding carboxylic acids is 1. The van der Waals surface area contributed by atoms with Crippen LogP contribution in [0, 0.1) is 11.8 Å². The van der Waals surface area contributed by atoms with Crippen LogP contribution in [-0.4, -0.2) is 34.9 Å². The number of nitrogens with zero attached hydrogens (tertiary/aromatic N) is 2. The van der Waals surface area contributed by atoms with Crippen LogP contribution in [0.25, 0.3) is 11.7 Å². The summed E-state index contributed by atoms with van der Waals surface area (Å²) in [5, 5.41) is 7.84. The van der Waals surface area contributed by atoms with Crippen molar-refractivity contribution < 1.29 is 4.79 Å². The number of rotatable bonds is 8. The zero-order valence-corrected chi connectivity index (χ0v) is 21.6. The van der Waals surface area contributed by atoms with Crippen LogP contribution >= 0.6 is 36.6 Å². The van der Waals surface area contributed by atoms with Gasteiger partial charge in [-0.3, -0.25) is 9.20 Å². The Bertz CT molecular complexity index is 1120. The van der Waals surface area contributed by atoms with Crippen LogP contribution < -0.4 is 10.6 Å². The number of hydrogen-bond acceptors (Lipinski definition) is 4. The maximum atomic E-state index is 13.0. The van der Waals surface area contributed by atoms with Gasteiger partial charge in [0.05, 0.1) is 21.8 Å². The van der Waals surface area contributed by atoms with Gasteiger partial charge in [0.2, 0.25) is 0 Å². The minimum atomic E-state index is 0. The molecule has 0 bridgehead atoms. The monoisotopic (exact) mass is 518 g/mol. The predicted molar refractivity (Wildman–Crippen MR) is 145 cm³/mol. The van der Waals surface area contributed by atoms with Crippen LogP contribution in [0.2, 0.25) is 0 Å². The minimum absolute atomic E-state index is 0. The van der Waals surface area contributed by atoms with Crippen molar-refractivity contribution in [3.63, 3.8) is 0 Å². The van der Waals surface area contributed by atoms with Crippen LogP contribution in [0.15, 0.2) is 64.7 Å². The zero-order chi connectivity index (χ0) is 21.8. The highest BCUT2D eigenvalue weighted by molar-refractivity contribution is 8.04. The number of aromatic nitrogens is 2. The van der Waals surface area contributed by atoms with Gasteiger partial charge in [-0.1, -0.05) is 54.6 Å². The number of amides is 1. The van der Waals surface area contributed by atoms with Gasteiger partial charge in [0.15, 0.2) is 0 Å². The number of hydrogen-bond donors (Lipinski definition) is 2. The van der Waals surface area contributed by atoms with E-state index in [1.807, 2.05) is 30.5 Å². The molecule has 182 valence electrons. The third-order valence-electron chi connectivity index (χ3n) is 6.66. The van der Waals surface area contributed by atoms with E-state index in [1.54, 1.807) is 0 Å². The molecule has 0 radical (unpaired) electrons. The van der Waals surface area contributed by atoms with Gasteiger partial charge in [-0.2, -0.15) is 0 Å². The Labute approximate surface area is 218 Å². The molecule has 8 heteroatoms. The normalized spacial score (nSPS) is 19.0. The number of nitrogens with one attached hydrogen (secondary N) is 2. The van der Waals surface area contributed by atoms with Crippen molar-refractivity contribution in [1.82, 2.24) is 20.0 Å². The average Bonchev–Trinajstić information content (AvgIpc) is 3.26. The van der Waals surface area contributed by atoms with Crippen LogP contribution in [0.3, 0.4) is 0 Å². The first-order valence-electron chi connectivity index (χ1n) is 11.7. The number of imidazole rings is 1. The van der Waals surface area contributed by atoms with E-state index in [0.29, 0.717) is 11.8 Å². The molecule has 3 aromatic rings. The summed E-state index contributed by atoms with van der Waals surface area (Å²) in [5.41, 5.74) is 3.32. The van der Waals surface area contributed by atoms with Gasteiger partial charge >= 0.3 is 0 Å². The Morgan fingerprint density at radius 3 is 2.79 bits per heavy atom. The summed E-state index contributed by atoms with van der Waals surface area (Å²) >= 11 is 1.52. The smallest absolute Gasteiger partial charge is 0.258 e. The fourth-order valence-electron chi connectivity index (χ4n) is 4.87. The lowest BCUT2D eigenvalue weighted by molar-refractivity contribution is -0.117. The highest BCUT2D eigenvalue weighted by Crippen LogP contribution is 2.34. The van der Waals surface area contributed by atoms with E-state index in [4.69, 9.17) is 0 Å². The number of carbonyl (C=O) groups is 1. The largest absolute Gasteiger partial charge is 0.351 e. The predicted octanol–water partition coefficient (Wildman–Crippen LogP) is 5.38. The van der Waals surface area contributed by atoms with E-state index in [9.17, 15) is 4.79 Å². The Kier molecular flexibility index (Phi) is 9.89. The molecule has 2 aliphatic rings. The van der Waals surface area contributed by atoms with Gasteiger partial charge in [0, 0.05) is 6.54 Å². The third-order valence-corrected chi connectivity index (χ3v) is 7.71. The molecular formula is C26H32Cl2N4OS. The maximum Gasteiger partial charge on any atom is 0.258 e. The molecule has 5 nitrogen and oxygen atoms in total. The van der Waals surface area contributed by atoms with Crippen molar-refractivity contribution in [1.29, 1.82) is 0 Å². The first-order chi connectivity index (χ1) is 15.8. The summed E-state index contributed by atoms with van der Waals surface area (Å²) in [5.74, 6) is 1.20. The second-order valence-corrected chi connectivity index (χ2v) is 9.87. The minimum Gasteiger partial charge on any atom is -0.351 e. The first-order valence-corrected chi connectivity index (χ1v) is 12.5. The van der Waals surface area contributed by atoms with Gasteiger partial charge in [0.25, 0.3) is 5.91 Å². The highest BCUT2D eigenvalue weighted by atomic mass is 35.5. The molecule has 2 unspecified atom stereocenters. The molecule has 0 saturated carbocycles. The summed E-state index contributed by atoms with van der Waals surface area (Å²) in [6.07, 6.45) is 9.75. The number of benzene rings is 1. The molecule has 2 aromatic heterocycles. The second kappa shape index (κ2) is 12.6. The molecule has 34 heavy (non-hydrogen) atoms. The molecule has 0 spiro atoms.